The van der Waals surface area contributed by atoms with Crippen LogP contribution in [-0.4, -0.2) is 7.11 Å². The topological polar surface area (TPSA) is 9.23 Å². The van der Waals surface area contributed by atoms with E-state index in [-0.39, 0.29) is 4.83 Å². The summed E-state index contributed by atoms with van der Waals surface area (Å²) < 4.78 is 5.13. The Bertz CT molecular complexity index is 584. The molecule has 1 nitrogen and oxygen atoms in total. The molecule has 19 heavy (non-hydrogen) atoms. The monoisotopic (exact) mass is 378 g/mol. The molecule has 100 valence electrons. The van der Waals surface area contributed by atoms with Crippen molar-refractivity contribution in [2.24, 2.45) is 0 Å². The van der Waals surface area contributed by atoms with Gasteiger partial charge in [0.2, 0.25) is 0 Å². The summed E-state index contributed by atoms with van der Waals surface area (Å²) in [5.41, 5.74) is 1.93. The van der Waals surface area contributed by atoms with Crippen LogP contribution in [0.2, 0.25) is 15.1 Å². The van der Waals surface area contributed by atoms with E-state index in [0.29, 0.717) is 20.8 Å². The summed E-state index contributed by atoms with van der Waals surface area (Å²) in [4.78, 5) is -0.0549. The highest BCUT2D eigenvalue weighted by Crippen LogP contribution is 2.40. The Hall–Kier alpha value is -0.410. The van der Waals surface area contributed by atoms with Crippen LogP contribution in [0.3, 0.4) is 0 Å². The van der Waals surface area contributed by atoms with E-state index in [0.717, 1.165) is 11.1 Å². The predicted molar refractivity (Wildman–Crippen MR) is 85.2 cm³/mol. The summed E-state index contributed by atoms with van der Waals surface area (Å²) in [5, 5.41) is 1.82. The lowest BCUT2D eigenvalue weighted by atomic mass is 10.0. The van der Waals surface area contributed by atoms with Crippen LogP contribution in [0, 0.1) is 0 Å². The molecule has 1 atom stereocenters. The third kappa shape index (κ3) is 3.38. The zero-order valence-electron chi connectivity index (χ0n) is 9.96. The maximum Gasteiger partial charge on any atom is 0.138 e. The van der Waals surface area contributed by atoms with Crippen LogP contribution in [0.4, 0.5) is 0 Å². The highest BCUT2D eigenvalue weighted by Gasteiger charge is 2.16. The Morgan fingerprint density at radius 1 is 1.00 bits per heavy atom. The van der Waals surface area contributed by atoms with Crippen LogP contribution in [0.1, 0.15) is 16.0 Å². The predicted octanol–water partition coefficient (Wildman–Crippen LogP) is 6.14. The molecule has 0 N–H and O–H groups in total. The average molecular weight is 380 g/mol. The lowest BCUT2D eigenvalue weighted by Crippen LogP contribution is -1.95. The van der Waals surface area contributed by atoms with Gasteiger partial charge in [-0.05, 0) is 29.3 Å². The maximum atomic E-state index is 6.26. The Morgan fingerprint density at radius 3 is 2.21 bits per heavy atom. The third-order valence-corrected chi connectivity index (χ3v) is 4.60. The molecule has 0 saturated carbocycles. The van der Waals surface area contributed by atoms with Gasteiger partial charge in [-0.15, -0.1) is 0 Å². The van der Waals surface area contributed by atoms with Crippen molar-refractivity contribution in [3.63, 3.8) is 0 Å². The molecule has 0 amide bonds. The minimum atomic E-state index is -0.0549. The second kappa shape index (κ2) is 6.36. The second-order valence-corrected chi connectivity index (χ2v) is 6.09. The number of methoxy groups -OCH3 is 1. The SMILES string of the molecule is COc1cc(Cl)c(C(Br)c2ccc(Cl)cc2)cc1Cl. The molecule has 2 aromatic carbocycles. The first-order chi connectivity index (χ1) is 9.02. The van der Waals surface area contributed by atoms with Gasteiger partial charge >= 0.3 is 0 Å². The highest BCUT2D eigenvalue weighted by atomic mass is 79.9. The van der Waals surface area contributed by atoms with Gasteiger partial charge in [0.05, 0.1) is 17.0 Å². The minimum Gasteiger partial charge on any atom is -0.495 e. The van der Waals surface area contributed by atoms with Gasteiger partial charge in [-0.3, -0.25) is 0 Å². The maximum absolute atomic E-state index is 6.26. The first-order valence-corrected chi connectivity index (χ1v) is 7.50. The van der Waals surface area contributed by atoms with E-state index in [1.807, 2.05) is 24.3 Å². The molecule has 0 spiro atoms. The Balaban J connectivity index is 2.41. The van der Waals surface area contributed by atoms with E-state index in [1.165, 1.54) is 0 Å². The van der Waals surface area contributed by atoms with Gasteiger partial charge in [-0.1, -0.05) is 62.9 Å². The van der Waals surface area contributed by atoms with Crippen molar-refractivity contribution in [1.82, 2.24) is 0 Å². The molecule has 2 rings (SSSR count). The van der Waals surface area contributed by atoms with Gasteiger partial charge < -0.3 is 4.74 Å². The first-order valence-electron chi connectivity index (χ1n) is 5.45. The van der Waals surface area contributed by atoms with Crippen molar-refractivity contribution in [2.75, 3.05) is 7.11 Å². The zero-order valence-corrected chi connectivity index (χ0v) is 13.8. The smallest absolute Gasteiger partial charge is 0.138 e. The van der Waals surface area contributed by atoms with Crippen molar-refractivity contribution < 1.29 is 4.74 Å². The quantitative estimate of drug-likeness (QED) is 0.581. The Morgan fingerprint density at radius 2 is 1.63 bits per heavy atom. The number of halogens is 4. The molecular formula is C14H10BrCl3O. The number of rotatable bonds is 3. The van der Waals surface area contributed by atoms with E-state index in [1.54, 1.807) is 19.2 Å². The molecular weight excluding hydrogens is 370 g/mol. The van der Waals surface area contributed by atoms with Crippen LogP contribution in [0.15, 0.2) is 36.4 Å². The van der Waals surface area contributed by atoms with Crippen LogP contribution in [0.25, 0.3) is 0 Å². The lowest BCUT2D eigenvalue weighted by molar-refractivity contribution is 0.415. The molecule has 0 radical (unpaired) electrons. The third-order valence-electron chi connectivity index (χ3n) is 2.71. The number of hydrogen-bond donors (Lipinski definition) is 0. The summed E-state index contributed by atoms with van der Waals surface area (Å²) in [6.07, 6.45) is 0. The van der Waals surface area contributed by atoms with Crippen molar-refractivity contribution >= 4 is 50.7 Å². The molecule has 0 bridgehead atoms. The van der Waals surface area contributed by atoms with Crippen LogP contribution < -0.4 is 4.74 Å². The molecule has 0 aliphatic rings. The summed E-state index contributed by atoms with van der Waals surface area (Å²) in [6, 6.07) is 11.1. The van der Waals surface area contributed by atoms with Gasteiger partial charge in [0.25, 0.3) is 0 Å². The van der Waals surface area contributed by atoms with Crippen LogP contribution in [-0.2, 0) is 0 Å². The molecule has 0 fully saturated rings. The van der Waals surface area contributed by atoms with Crippen molar-refractivity contribution in [3.8, 4) is 5.75 Å². The summed E-state index contributed by atoms with van der Waals surface area (Å²) in [6.45, 7) is 0. The molecule has 1 unspecified atom stereocenters. The van der Waals surface area contributed by atoms with Gasteiger partial charge in [0, 0.05) is 16.1 Å². The molecule has 0 saturated heterocycles. The van der Waals surface area contributed by atoms with Gasteiger partial charge in [0.1, 0.15) is 5.75 Å². The van der Waals surface area contributed by atoms with Crippen LogP contribution >= 0.6 is 50.7 Å². The highest BCUT2D eigenvalue weighted by molar-refractivity contribution is 9.09. The average Bonchev–Trinajstić information content (AvgIpc) is 2.41. The Kier molecular flexibility index (Phi) is 5.02. The van der Waals surface area contributed by atoms with E-state index in [4.69, 9.17) is 39.5 Å². The molecule has 0 heterocycles. The number of ether oxygens (including phenoxy) is 1. The number of benzene rings is 2. The minimum absolute atomic E-state index is 0.0549. The second-order valence-electron chi connectivity index (χ2n) is 3.92. The van der Waals surface area contributed by atoms with Gasteiger partial charge in [-0.25, -0.2) is 0 Å². The molecule has 0 aromatic heterocycles. The molecule has 2 aromatic rings. The van der Waals surface area contributed by atoms with E-state index >= 15 is 0 Å². The van der Waals surface area contributed by atoms with Crippen molar-refractivity contribution in [2.45, 2.75) is 4.83 Å². The Labute approximate surface area is 135 Å². The normalized spacial score (nSPS) is 12.3. The van der Waals surface area contributed by atoms with Gasteiger partial charge in [-0.2, -0.15) is 0 Å². The fourth-order valence-electron chi connectivity index (χ4n) is 1.71. The van der Waals surface area contributed by atoms with E-state index < -0.39 is 0 Å². The first kappa shape index (κ1) is 15.0. The largest absolute Gasteiger partial charge is 0.495 e. The van der Waals surface area contributed by atoms with E-state index in [9.17, 15) is 0 Å². The fraction of sp³-hybridized carbons (Fsp3) is 0.143. The summed E-state index contributed by atoms with van der Waals surface area (Å²) in [7, 11) is 1.56. The zero-order chi connectivity index (χ0) is 14.0. The number of hydrogen-bond acceptors (Lipinski definition) is 1. The van der Waals surface area contributed by atoms with E-state index in [2.05, 4.69) is 15.9 Å². The molecule has 0 aliphatic carbocycles. The standard InChI is InChI=1S/C14H10BrCl3O/c1-19-13-7-11(17)10(6-12(13)18)14(15)8-2-4-9(16)5-3-8/h2-7,14H,1H3. The van der Waals surface area contributed by atoms with Crippen molar-refractivity contribution in [3.05, 3.63) is 62.6 Å². The summed E-state index contributed by atoms with van der Waals surface area (Å²) >= 11 is 21.9. The fourth-order valence-corrected chi connectivity index (χ4v) is 3.16. The van der Waals surface area contributed by atoms with Crippen LogP contribution in [0.5, 0.6) is 5.75 Å². The molecule has 0 aliphatic heterocycles. The van der Waals surface area contributed by atoms with Gasteiger partial charge in [0.15, 0.2) is 0 Å². The summed E-state index contributed by atoms with van der Waals surface area (Å²) in [5.74, 6) is 0.561. The lowest BCUT2D eigenvalue weighted by Gasteiger charge is -2.14. The van der Waals surface area contributed by atoms with Crippen molar-refractivity contribution in [1.29, 1.82) is 0 Å². The number of alkyl halides is 1. The molecule has 5 heteroatoms.